The van der Waals surface area contributed by atoms with Gasteiger partial charge in [0.1, 0.15) is 23.2 Å². The summed E-state index contributed by atoms with van der Waals surface area (Å²) in [5.74, 6) is 0. The van der Waals surface area contributed by atoms with Crippen LogP contribution in [-0.2, 0) is 0 Å². The highest BCUT2D eigenvalue weighted by atomic mass is 35.5. The van der Waals surface area contributed by atoms with Crippen LogP contribution in [-0.4, -0.2) is 6.16 Å². The number of halogens is 1. The smallest absolute Gasteiger partial charge is 0.112 e. The standard InChI is InChI=1S/C27H34P.ClH/c1-2-3-4-5-6-7-17-24-28(25-18-11-8-12-19-25,26-20-13-9-14-21-26)27-22-15-10-16-23-27;/h8-16,18-23H,2-7,17,24H2,1H3;1H/q+1;/p-1. The van der Waals surface area contributed by atoms with E-state index >= 15 is 0 Å². The molecule has 3 aromatic carbocycles. The lowest BCUT2D eigenvalue weighted by Crippen LogP contribution is -3.00. The van der Waals surface area contributed by atoms with Crippen molar-refractivity contribution >= 4 is 23.2 Å². The number of hydrogen-bond donors (Lipinski definition) is 0. The lowest BCUT2D eigenvalue weighted by molar-refractivity contribution is -0.00000565. The molecule has 0 atom stereocenters. The Hall–Kier alpha value is -1.62. The molecule has 2 heteroatoms. The molecule has 0 aliphatic rings. The summed E-state index contributed by atoms with van der Waals surface area (Å²) in [5, 5.41) is 4.54. The van der Waals surface area contributed by atoms with E-state index in [0.29, 0.717) is 0 Å². The molecule has 0 saturated carbocycles. The molecule has 0 saturated heterocycles. The van der Waals surface area contributed by atoms with Gasteiger partial charge in [-0.1, -0.05) is 93.6 Å². The summed E-state index contributed by atoms with van der Waals surface area (Å²) in [5.41, 5.74) is 0. The second-order valence-corrected chi connectivity index (χ2v) is 11.3. The van der Waals surface area contributed by atoms with Crippen LogP contribution in [0, 0.1) is 0 Å². The summed E-state index contributed by atoms with van der Waals surface area (Å²) in [6, 6.07) is 33.8. The maximum atomic E-state index is 2.36. The van der Waals surface area contributed by atoms with Gasteiger partial charge in [-0.05, 0) is 49.2 Å². The van der Waals surface area contributed by atoms with Gasteiger partial charge in [0, 0.05) is 0 Å². The van der Waals surface area contributed by atoms with E-state index in [4.69, 9.17) is 0 Å². The third-order valence-electron chi connectivity index (χ3n) is 5.69. The minimum absolute atomic E-state index is 0. The molecule has 0 aromatic heterocycles. The van der Waals surface area contributed by atoms with Crippen molar-refractivity contribution in [2.24, 2.45) is 0 Å². The Morgan fingerprint density at radius 3 is 1.21 bits per heavy atom. The average molecular weight is 425 g/mol. The predicted octanol–water partition coefficient (Wildman–Crippen LogP) is 3.74. The Morgan fingerprint density at radius 2 is 0.828 bits per heavy atom. The first kappa shape index (κ1) is 23.7. The van der Waals surface area contributed by atoms with Crippen molar-refractivity contribution in [1.82, 2.24) is 0 Å². The fraction of sp³-hybridized carbons (Fsp3) is 0.333. The third-order valence-corrected chi connectivity index (χ3v) is 10.2. The van der Waals surface area contributed by atoms with Crippen LogP contribution < -0.4 is 28.3 Å². The van der Waals surface area contributed by atoms with Crippen LogP contribution in [0.3, 0.4) is 0 Å². The predicted molar refractivity (Wildman–Crippen MR) is 128 cm³/mol. The van der Waals surface area contributed by atoms with Crippen LogP contribution in [0.2, 0.25) is 0 Å². The topological polar surface area (TPSA) is 0 Å². The average Bonchev–Trinajstić information content (AvgIpc) is 2.78. The molecule has 0 radical (unpaired) electrons. The first-order valence-electron chi connectivity index (χ1n) is 10.9. The maximum Gasteiger partial charge on any atom is 0.112 e. The van der Waals surface area contributed by atoms with E-state index in [2.05, 4.69) is 97.9 Å². The molecule has 0 nitrogen and oxygen atoms in total. The van der Waals surface area contributed by atoms with E-state index in [-0.39, 0.29) is 12.4 Å². The Kier molecular flexibility index (Phi) is 10.5. The zero-order chi connectivity index (χ0) is 19.5. The Balaban J connectivity index is 0.00000300. The molecule has 0 fully saturated rings. The van der Waals surface area contributed by atoms with Crippen molar-refractivity contribution in [2.45, 2.75) is 51.9 Å². The van der Waals surface area contributed by atoms with Crippen molar-refractivity contribution in [1.29, 1.82) is 0 Å². The lowest BCUT2D eigenvalue weighted by Gasteiger charge is -2.27. The van der Waals surface area contributed by atoms with Crippen LogP contribution in [0.4, 0.5) is 0 Å². The number of benzene rings is 3. The molecular formula is C27H34ClP. The van der Waals surface area contributed by atoms with Gasteiger partial charge in [-0.3, -0.25) is 0 Å². The second-order valence-electron chi connectivity index (χ2n) is 7.66. The van der Waals surface area contributed by atoms with Crippen molar-refractivity contribution in [3.05, 3.63) is 91.0 Å². The summed E-state index contributed by atoms with van der Waals surface area (Å²) < 4.78 is 0. The Morgan fingerprint density at radius 1 is 0.483 bits per heavy atom. The Bertz CT molecular complexity index is 690. The van der Waals surface area contributed by atoms with E-state index in [1.807, 2.05) is 0 Å². The summed E-state index contributed by atoms with van der Waals surface area (Å²) >= 11 is 0. The molecule has 29 heavy (non-hydrogen) atoms. The Labute approximate surface area is 184 Å². The van der Waals surface area contributed by atoms with Gasteiger partial charge in [0.05, 0.1) is 6.16 Å². The fourth-order valence-electron chi connectivity index (χ4n) is 4.19. The highest BCUT2D eigenvalue weighted by Crippen LogP contribution is 2.55. The van der Waals surface area contributed by atoms with E-state index < -0.39 is 7.26 Å². The number of unbranched alkanes of at least 4 members (excludes halogenated alkanes) is 6. The molecule has 0 bridgehead atoms. The van der Waals surface area contributed by atoms with E-state index in [0.717, 1.165) is 0 Å². The van der Waals surface area contributed by atoms with E-state index in [1.165, 1.54) is 67.0 Å². The summed E-state index contributed by atoms with van der Waals surface area (Å²) in [4.78, 5) is 0. The van der Waals surface area contributed by atoms with Crippen molar-refractivity contribution in [3.63, 3.8) is 0 Å². The van der Waals surface area contributed by atoms with Crippen LogP contribution in [0.5, 0.6) is 0 Å². The van der Waals surface area contributed by atoms with E-state index in [9.17, 15) is 0 Å². The molecule has 3 aromatic rings. The van der Waals surface area contributed by atoms with Crippen molar-refractivity contribution in [2.75, 3.05) is 6.16 Å². The number of rotatable bonds is 11. The SMILES string of the molecule is CCCCCCCCC[P+](c1ccccc1)(c1ccccc1)c1ccccc1.[Cl-]. The number of hydrogen-bond acceptors (Lipinski definition) is 0. The zero-order valence-corrected chi connectivity index (χ0v) is 19.3. The quantitative estimate of drug-likeness (QED) is 0.325. The summed E-state index contributed by atoms with van der Waals surface area (Å²) in [7, 11) is -1.61. The van der Waals surface area contributed by atoms with Gasteiger partial charge < -0.3 is 12.4 Å². The molecule has 154 valence electrons. The highest BCUT2D eigenvalue weighted by molar-refractivity contribution is 7.95. The van der Waals surface area contributed by atoms with Gasteiger partial charge in [-0.15, -0.1) is 0 Å². The minimum atomic E-state index is -1.61. The maximum absolute atomic E-state index is 2.36. The molecule has 0 aliphatic heterocycles. The van der Waals surface area contributed by atoms with E-state index in [1.54, 1.807) is 0 Å². The van der Waals surface area contributed by atoms with Gasteiger partial charge in [0.2, 0.25) is 0 Å². The first-order chi connectivity index (χ1) is 13.9. The van der Waals surface area contributed by atoms with Crippen LogP contribution in [0.1, 0.15) is 51.9 Å². The zero-order valence-electron chi connectivity index (χ0n) is 17.6. The summed E-state index contributed by atoms with van der Waals surface area (Å²) in [6.07, 6.45) is 10.8. The van der Waals surface area contributed by atoms with Crippen molar-refractivity contribution in [3.8, 4) is 0 Å². The lowest BCUT2D eigenvalue weighted by atomic mass is 10.1. The summed E-state index contributed by atoms with van der Waals surface area (Å²) in [6.45, 7) is 2.29. The van der Waals surface area contributed by atoms with Crippen LogP contribution in [0.15, 0.2) is 91.0 Å². The van der Waals surface area contributed by atoms with Gasteiger partial charge in [0.15, 0.2) is 0 Å². The molecule has 0 amide bonds. The van der Waals surface area contributed by atoms with Crippen LogP contribution in [0.25, 0.3) is 0 Å². The van der Waals surface area contributed by atoms with Gasteiger partial charge in [0.25, 0.3) is 0 Å². The van der Waals surface area contributed by atoms with Gasteiger partial charge in [-0.2, -0.15) is 0 Å². The van der Waals surface area contributed by atoms with Gasteiger partial charge in [-0.25, -0.2) is 0 Å². The first-order valence-corrected chi connectivity index (χ1v) is 12.9. The monoisotopic (exact) mass is 424 g/mol. The fourth-order valence-corrected chi connectivity index (χ4v) is 8.60. The minimum Gasteiger partial charge on any atom is -1.00 e. The molecule has 0 heterocycles. The third kappa shape index (κ3) is 6.18. The highest BCUT2D eigenvalue weighted by Gasteiger charge is 2.44. The molecule has 0 unspecified atom stereocenters. The van der Waals surface area contributed by atoms with Gasteiger partial charge >= 0.3 is 0 Å². The molecular weight excluding hydrogens is 391 g/mol. The normalized spacial score (nSPS) is 11.1. The molecule has 0 aliphatic carbocycles. The van der Waals surface area contributed by atoms with Crippen molar-refractivity contribution < 1.29 is 12.4 Å². The van der Waals surface area contributed by atoms with Crippen LogP contribution >= 0.6 is 7.26 Å². The molecule has 0 spiro atoms. The second kappa shape index (κ2) is 12.8. The molecule has 0 N–H and O–H groups in total. The largest absolute Gasteiger partial charge is 1.00 e. The molecule has 3 rings (SSSR count).